The Balaban J connectivity index is 2.98. The molecule has 0 atom stereocenters. The Morgan fingerprint density at radius 3 is 2.33 bits per heavy atom. The van der Waals surface area contributed by atoms with E-state index in [4.69, 9.17) is 11.6 Å². The van der Waals surface area contributed by atoms with Crippen LogP contribution in [0, 0.1) is 3.57 Å². The number of halogens is 2. The molecule has 0 unspecified atom stereocenters. The number of benzene rings is 1. The lowest BCUT2D eigenvalue weighted by Crippen LogP contribution is -2.23. The number of hydrogen-bond acceptors (Lipinski definition) is 1. The van der Waals surface area contributed by atoms with Crippen LogP contribution in [0.15, 0.2) is 43.5 Å². The van der Waals surface area contributed by atoms with Crippen molar-refractivity contribution in [1.29, 1.82) is 0 Å². The Morgan fingerprint density at radius 2 is 1.87 bits per heavy atom. The summed E-state index contributed by atoms with van der Waals surface area (Å²) < 4.78 is 1.14. The molecule has 0 heterocycles. The third-order valence-corrected chi connectivity index (χ3v) is 3.05. The lowest BCUT2D eigenvalue weighted by atomic mass is 10.3. The lowest BCUT2D eigenvalue weighted by Gasteiger charge is -2.23. The summed E-state index contributed by atoms with van der Waals surface area (Å²) in [7, 11) is 0. The molecule has 0 spiro atoms. The van der Waals surface area contributed by atoms with E-state index >= 15 is 0 Å². The fourth-order valence-electron chi connectivity index (χ4n) is 1.32. The maximum Gasteiger partial charge on any atom is 0.0508 e. The van der Waals surface area contributed by atoms with Gasteiger partial charge in [0.2, 0.25) is 0 Å². The maximum atomic E-state index is 5.91. The topological polar surface area (TPSA) is 3.24 Å². The van der Waals surface area contributed by atoms with Gasteiger partial charge in [-0.05, 0) is 40.8 Å². The minimum atomic E-state index is 0.764. The van der Waals surface area contributed by atoms with Crippen molar-refractivity contribution in [3.63, 3.8) is 0 Å². The van der Waals surface area contributed by atoms with E-state index in [-0.39, 0.29) is 0 Å². The smallest absolute Gasteiger partial charge is 0.0508 e. The van der Waals surface area contributed by atoms with Crippen LogP contribution in [-0.4, -0.2) is 13.1 Å². The predicted octanol–water partition coefficient (Wildman–Crippen LogP) is 4.12. The Bertz CT molecular complexity index is 353. The number of hydrogen-bond donors (Lipinski definition) is 0. The molecule has 0 amide bonds. The Morgan fingerprint density at radius 1 is 1.27 bits per heavy atom. The molecule has 1 rings (SSSR count). The summed E-state index contributed by atoms with van der Waals surface area (Å²) in [6.07, 6.45) is 3.77. The van der Waals surface area contributed by atoms with Gasteiger partial charge in [0.15, 0.2) is 0 Å². The monoisotopic (exact) mass is 333 g/mol. The molecule has 1 aromatic rings. The first-order chi connectivity index (χ1) is 7.19. The average molecular weight is 334 g/mol. The molecule has 0 fully saturated rings. The van der Waals surface area contributed by atoms with E-state index in [9.17, 15) is 0 Å². The molecule has 1 aromatic carbocycles. The van der Waals surface area contributed by atoms with Crippen molar-refractivity contribution in [3.8, 4) is 0 Å². The first kappa shape index (κ1) is 12.6. The molecule has 3 heteroatoms. The highest BCUT2D eigenvalue weighted by molar-refractivity contribution is 14.1. The summed E-state index contributed by atoms with van der Waals surface area (Å²) in [6, 6.07) is 5.88. The van der Waals surface area contributed by atoms with E-state index in [1.54, 1.807) is 0 Å². The molecule has 1 nitrogen and oxygen atoms in total. The molecular formula is C12H13ClIN. The van der Waals surface area contributed by atoms with Gasteiger partial charge >= 0.3 is 0 Å². The molecule has 0 aliphatic carbocycles. The minimum Gasteiger partial charge on any atom is -0.363 e. The van der Waals surface area contributed by atoms with E-state index in [1.165, 1.54) is 5.69 Å². The normalized spacial score (nSPS) is 9.73. The molecule has 80 valence electrons. The van der Waals surface area contributed by atoms with Gasteiger partial charge in [-0.3, -0.25) is 0 Å². The highest BCUT2D eigenvalue weighted by Gasteiger charge is 2.07. The summed E-state index contributed by atoms with van der Waals surface area (Å²) in [4.78, 5) is 2.19. The van der Waals surface area contributed by atoms with Gasteiger partial charge in [0.25, 0.3) is 0 Å². The SMILES string of the molecule is C=CCN(CC=C)c1ccc(Cl)cc1I. The second kappa shape index (κ2) is 6.18. The summed E-state index contributed by atoms with van der Waals surface area (Å²) in [5.41, 5.74) is 1.17. The average Bonchev–Trinajstić information content (AvgIpc) is 2.17. The van der Waals surface area contributed by atoms with Crippen molar-refractivity contribution >= 4 is 39.9 Å². The quantitative estimate of drug-likeness (QED) is 0.579. The van der Waals surface area contributed by atoms with Crippen LogP contribution in [0.1, 0.15) is 0 Å². The number of nitrogens with zero attached hydrogens (tertiary/aromatic N) is 1. The van der Waals surface area contributed by atoms with E-state index in [0.29, 0.717) is 0 Å². The van der Waals surface area contributed by atoms with Crippen LogP contribution in [0.5, 0.6) is 0 Å². The third kappa shape index (κ3) is 3.54. The molecule has 0 aromatic heterocycles. The van der Waals surface area contributed by atoms with Gasteiger partial charge in [0.1, 0.15) is 0 Å². The van der Waals surface area contributed by atoms with Gasteiger partial charge in [-0.1, -0.05) is 23.8 Å². The van der Waals surface area contributed by atoms with Gasteiger partial charge in [-0.25, -0.2) is 0 Å². The van der Waals surface area contributed by atoms with E-state index in [1.807, 2.05) is 30.4 Å². The van der Waals surface area contributed by atoms with Crippen LogP contribution in [0.3, 0.4) is 0 Å². The van der Waals surface area contributed by atoms with E-state index in [2.05, 4.69) is 40.6 Å². The van der Waals surface area contributed by atoms with Crippen molar-refractivity contribution in [2.24, 2.45) is 0 Å². The van der Waals surface area contributed by atoms with Crippen LogP contribution < -0.4 is 4.90 Å². The molecule has 0 saturated carbocycles. The zero-order valence-electron chi connectivity index (χ0n) is 8.42. The van der Waals surface area contributed by atoms with Gasteiger partial charge in [0.05, 0.1) is 5.69 Å². The molecule has 0 radical (unpaired) electrons. The van der Waals surface area contributed by atoms with Crippen LogP contribution in [-0.2, 0) is 0 Å². The van der Waals surface area contributed by atoms with Crippen molar-refractivity contribution in [1.82, 2.24) is 0 Å². The van der Waals surface area contributed by atoms with Crippen LogP contribution in [0.2, 0.25) is 5.02 Å². The summed E-state index contributed by atoms with van der Waals surface area (Å²) in [5, 5.41) is 0.764. The second-order valence-corrected chi connectivity index (χ2v) is 4.68. The van der Waals surface area contributed by atoms with Crippen LogP contribution >= 0.6 is 34.2 Å². The van der Waals surface area contributed by atoms with E-state index < -0.39 is 0 Å². The standard InChI is InChI=1S/C12H13ClIN/c1-3-7-15(8-4-2)12-6-5-10(13)9-11(12)14/h3-6,9H,1-2,7-8H2. The van der Waals surface area contributed by atoms with Gasteiger partial charge in [-0.15, -0.1) is 13.2 Å². The molecule has 0 N–H and O–H groups in total. The largest absolute Gasteiger partial charge is 0.363 e. The maximum absolute atomic E-state index is 5.91. The highest BCUT2D eigenvalue weighted by atomic mass is 127. The van der Waals surface area contributed by atoms with Crippen molar-refractivity contribution in [2.75, 3.05) is 18.0 Å². The zero-order valence-corrected chi connectivity index (χ0v) is 11.3. The van der Waals surface area contributed by atoms with E-state index in [0.717, 1.165) is 21.7 Å². The molecule has 0 bridgehead atoms. The fourth-order valence-corrected chi connectivity index (χ4v) is 2.53. The first-order valence-electron chi connectivity index (χ1n) is 4.61. The minimum absolute atomic E-state index is 0.764. The number of rotatable bonds is 5. The first-order valence-corrected chi connectivity index (χ1v) is 6.06. The summed E-state index contributed by atoms with van der Waals surface area (Å²) >= 11 is 8.20. The van der Waals surface area contributed by atoms with Crippen molar-refractivity contribution < 1.29 is 0 Å². The van der Waals surface area contributed by atoms with Gasteiger partial charge < -0.3 is 4.90 Å². The Hall–Kier alpha value is -0.480. The fraction of sp³-hybridized carbons (Fsp3) is 0.167. The molecule has 0 aliphatic heterocycles. The van der Waals surface area contributed by atoms with Crippen molar-refractivity contribution in [2.45, 2.75) is 0 Å². The highest BCUT2D eigenvalue weighted by Crippen LogP contribution is 2.25. The molecule has 0 aliphatic rings. The molecule has 0 saturated heterocycles. The Kier molecular flexibility index (Phi) is 5.19. The lowest BCUT2D eigenvalue weighted by molar-refractivity contribution is 0.953. The van der Waals surface area contributed by atoms with Gasteiger partial charge in [-0.2, -0.15) is 0 Å². The predicted molar refractivity (Wildman–Crippen MR) is 76.8 cm³/mol. The van der Waals surface area contributed by atoms with Gasteiger partial charge in [0, 0.05) is 21.7 Å². The second-order valence-electron chi connectivity index (χ2n) is 3.08. The number of anilines is 1. The van der Waals surface area contributed by atoms with Crippen LogP contribution in [0.4, 0.5) is 5.69 Å². The summed E-state index contributed by atoms with van der Waals surface area (Å²) in [5.74, 6) is 0. The Labute approximate surface area is 110 Å². The molecule has 15 heavy (non-hydrogen) atoms. The van der Waals surface area contributed by atoms with Crippen molar-refractivity contribution in [3.05, 3.63) is 52.1 Å². The van der Waals surface area contributed by atoms with Crippen LogP contribution in [0.25, 0.3) is 0 Å². The third-order valence-electron chi connectivity index (χ3n) is 1.95. The summed E-state index contributed by atoms with van der Waals surface area (Å²) in [6.45, 7) is 9.12. The zero-order chi connectivity index (χ0) is 11.3. The molecular weight excluding hydrogens is 320 g/mol.